The van der Waals surface area contributed by atoms with Crippen LogP contribution in [0.25, 0.3) is 0 Å². The van der Waals surface area contributed by atoms with Gasteiger partial charge in [-0.25, -0.2) is 0 Å². The summed E-state index contributed by atoms with van der Waals surface area (Å²) in [6, 6.07) is 5.92. The molecule has 2 nitrogen and oxygen atoms in total. The van der Waals surface area contributed by atoms with Crippen molar-refractivity contribution in [2.75, 3.05) is 0 Å². The van der Waals surface area contributed by atoms with E-state index in [0.717, 1.165) is 17.7 Å². The van der Waals surface area contributed by atoms with Crippen molar-refractivity contribution in [3.05, 3.63) is 29.3 Å². The normalized spacial score (nSPS) is 20.1. The van der Waals surface area contributed by atoms with E-state index in [1.165, 1.54) is 31.2 Å². The summed E-state index contributed by atoms with van der Waals surface area (Å²) in [5, 5.41) is 0. The number of hydrogen-bond donors (Lipinski definition) is 0. The van der Waals surface area contributed by atoms with Crippen molar-refractivity contribution < 1.29 is 9.53 Å². The third-order valence-electron chi connectivity index (χ3n) is 3.60. The third-order valence-corrected chi connectivity index (χ3v) is 3.60. The standard InChI is InChI=1S/C14H16O2/c15-14-8-5-10-9-12(6-7-13(10)14)16-11-3-1-2-4-11/h6-7,9,11H,1-5,8H2. The molecule has 1 saturated carbocycles. The van der Waals surface area contributed by atoms with E-state index >= 15 is 0 Å². The zero-order chi connectivity index (χ0) is 11.0. The van der Waals surface area contributed by atoms with Crippen LogP contribution < -0.4 is 4.74 Å². The minimum absolute atomic E-state index is 0.280. The Bertz CT molecular complexity index is 417. The van der Waals surface area contributed by atoms with Crippen LogP contribution in [-0.4, -0.2) is 11.9 Å². The van der Waals surface area contributed by atoms with Gasteiger partial charge in [0, 0.05) is 12.0 Å². The first kappa shape index (κ1) is 9.88. The van der Waals surface area contributed by atoms with E-state index < -0.39 is 0 Å². The van der Waals surface area contributed by atoms with E-state index in [2.05, 4.69) is 6.07 Å². The lowest BCUT2D eigenvalue weighted by atomic mass is 10.1. The summed E-state index contributed by atoms with van der Waals surface area (Å²) in [6.07, 6.45) is 6.88. The molecule has 1 aromatic rings. The van der Waals surface area contributed by atoms with Crippen LogP contribution in [0.2, 0.25) is 0 Å². The second-order valence-corrected chi connectivity index (χ2v) is 4.77. The predicted molar refractivity (Wildman–Crippen MR) is 62.0 cm³/mol. The molecule has 84 valence electrons. The molecule has 0 aromatic heterocycles. The van der Waals surface area contributed by atoms with Crippen LogP contribution in [-0.2, 0) is 6.42 Å². The van der Waals surface area contributed by atoms with Gasteiger partial charge in [0.25, 0.3) is 0 Å². The van der Waals surface area contributed by atoms with Crippen molar-refractivity contribution in [2.24, 2.45) is 0 Å². The van der Waals surface area contributed by atoms with E-state index in [0.29, 0.717) is 12.5 Å². The number of ketones is 1. The Morgan fingerprint density at radius 3 is 2.75 bits per heavy atom. The Labute approximate surface area is 95.6 Å². The quantitative estimate of drug-likeness (QED) is 0.759. The van der Waals surface area contributed by atoms with Crippen LogP contribution in [0.3, 0.4) is 0 Å². The molecule has 0 radical (unpaired) electrons. The summed E-state index contributed by atoms with van der Waals surface area (Å²) in [5.41, 5.74) is 2.07. The summed E-state index contributed by atoms with van der Waals surface area (Å²) in [5.74, 6) is 1.22. The molecule has 2 aliphatic carbocycles. The topological polar surface area (TPSA) is 26.3 Å². The molecule has 0 amide bonds. The molecule has 1 aromatic carbocycles. The maximum Gasteiger partial charge on any atom is 0.163 e. The van der Waals surface area contributed by atoms with Crippen molar-refractivity contribution in [1.82, 2.24) is 0 Å². The smallest absolute Gasteiger partial charge is 0.163 e. The number of benzene rings is 1. The first-order valence-electron chi connectivity index (χ1n) is 6.16. The van der Waals surface area contributed by atoms with E-state index in [-0.39, 0.29) is 5.78 Å². The Hall–Kier alpha value is -1.31. The van der Waals surface area contributed by atoms with Gasteiger partial charge >= 0.3 is 0 Å². The van der Waals surface area contributed by atoms with Crippen LogP contribution in [0.1, 0.15) is 48.0 Å². The minimum Gasteiger partial charge on any atom is -0.490 e. The van der Waals surface area contributed by atoms with Crippen molar-refractivity contribution in [3.8, 4) is 5.75 Å². The number of carbonyl (C=O) groups is 1. The first-order valence-corrected chi connectivity index (χ1v) is 6.16. The molecular weight excluding hydrogens is 200 g/mol. The highest BCUT2D eigenvalue weighted by molar-refractivity contribution is 6.00. The van der Waals surface area contributed by atoms with Gasteiger partial charge in [-0.05, 0) is 55.9 Å². The predicted octanol–water partition coefficient (Wildman–Crippen LogP) is 3.14. The Kier molecular flexibility index (Phi) is 2.43. The van der Waals surface area contributed by atoms with Crippen LogP contribution in [0, 0.1) is 0 Å². The molecular formula is C14H16O2. The zero-order valence-corrected chi connectivity index (χ0v) is 9.37. The number of hydrogen-bond acceptors (Lipinski definition) is 2. The number of Topliss-reactive ketones (excluding diaryl/α,β-unsaturated/α-hetero) is 1. The molecule has 1 fully saturated rings. The van der Waals surface area contributed by atoms with E-state index in [1.54, 1.807) is 0 Å². The highest BCUT2D eigenvalue weighted by Gasteiger charge is 2.21. The van der Waals surface area contributed by atoms with Gasteiger partial charge in [0.15, 0.2) is 5.78 Å². The second kappa shape index (κ2) is 3.93. The largest absolute Gasteiger partial charge is 0.490 e. The summed E-state index contributed by atoms with van der Waals surface area (Å²) < 4.78 is 5.92. The van der Waals surface area contributed by atoms with Crippen LogP contribution in [0.4, 0.5) is 0 Å². The Morgan fingerprint density at radius 1 is 1.12 bits per heavy atom. The maximum atomic E-state index is 11.5. The first-order chi connectivity index (χ1) is 7.83. The Morgan fingerprint density at radius 2 is 1.94 bits per heavy atom. The lowest BCUT2D eigenvalue weighted by molar-refractivity contribution is 0.0994. The Balaban J connectivity index is 1.79. The summed E-state index contributed by atoms with van der Waals surface area (Å²) in [7, 11) is 0. The van der Waals surface area contributed by atoms with Crippen molar-refractivity contribution in [3.63, 3.8) is 0 Å². The fourth-order valence-corrected chi connectivity index (χ4v) is 2.70. The molecule has 0 aliphatic heterocycles. The minimum atomic E-state index is 0.280. The summed E-state index contributed by atoms with van der Waals surface area (Å²) in [4.78, 5) is 11.5. The second-order valence-electron chi connectivity index (χ2n) is 4.77. The number of ether oxygens (including phenoxy) is 1. The molecule has 0 bridgehead atoms. The number of rotatable bonds is 2. The molecule has 2 aliphatic rings. The lowest BCUT2D eigenvalue weighted by Crippen LogP contribution is -2.10. The van der Waals surface area contributed by atoms with Crippen molar-refractivity contribution in [1.29, 1.82) is 0 Å². The van der Waals surface area contributed by atoms with Crippen LogP contribution in [0.15, 0.2) is 18.2 Å². The van der Waals surface area contributed by atoms with E-state index in [1.807, 2.05) is 12.1 Å². The molecule has 0 heterocycles. The molecule has 0 N–H and O–H groups in total. The number of aryl methyl sites for hydroxylation is 1. The average molecular weight is 216 g/mol. The van der Waals surface area contributed by atoms with E-state index in [9.17, 15) is 4.79 Å². The maximum absolute atomic E-state index is 11.5. The van der Waals surface area contributed by atoms with Gasteiger partial charge in [-0.1, -0.05) is 0 Å². The summed E-state index contributed by atoms with van der Waals surface area (Å²) in [6.45, 7) is 0. The van der Waals surface area contributed by atoms with Crippen molar-refractivity contribution >= 4 is 5.78 Å². The zero-order valence-electron chi connectivity index (χ0n) is 9.37. The SMILES string of the molecule is O=C1CCc2cc(OC3CCCC3)ccc21. The fourth-order valence-electron chi connectivity index (χ4n) is 2.70. The molecule has 0 atom stereocenters. The molecule has 16 heavy (non-hydrogen) atoms. The van der Waals surface area contributed by atoms with Crippen LogP contribution in [0.5, 0.6) is 5.75 Å². The lowest BCUT2D eigenvalue weighted by Gasteiger charge is -2.13. The molecule has 0 saturated heterocycles. The number of fused-ring (bicyclic) bond motifs is 1. The molecule has 0 spiro atoms. The molecule has 2 heteroatoms. The van der Waals surface area contributed by atoms with Gasteiger partial charge in [0.1, 0.15) is 5.75 Å². The average Bonchev–Trinajstić information content (AvgIpc) is 2.90. The fraction of sp³-hybridized carbons (Fsp3) is 0.500. The third kappa shape index (κ3) is 1.73. The van der Waals surface area contributed by atoms with Crippen LogP contribution >= 0.6 is 0 Å². The van der Waals surface area contributed by atoms with Gasteiger partial charge in [-0.3, -0.25) is 4.79 Å². The van der Waals surface area contributed by atoms with Gasteiger partial charge in [0.2, 0.25) is 0 Å². The van der Waals surface area contributed by atoms with E-state index in [4.69, 9.17) is 4.74 Å². The van der Waals surface area contributed by atoms with Gasteiger partial charge in [0.05, 0.1) is 6.10 Å². The molecule has 0 unspecified atom stereocenters. The van der Waals surface area contributed by atoms with Crippen molar-refractivity contribution in [2.45, 2.75) is 44.6 Å². The molecule has 3 rings (SSSR count). The van der Waals surface area contributed by atoms with Gasteiger partial charge in [-0.2, -0.15) is 0 Å². The van der Waals surface area contributed by atoms with Gasteiger partial charge in [-0.15, -0.1) is 0 Å². The van der Waals surface area contributed by atoms with Gasteiger partial charge < -0.3 is 4.74 Å². The summed E-state index contributed by atoms with van der Waals surface area (Å²) >= 11 is 0. The number of carbonyl (C=O) groups excluding carboxylic acids is 1. The monoisotopic (exact) mass is 216 g/mol. The highest BCUT2D eigenvalue weighted by Crippen LogP contribution is 2.29. The highest BCUT2D eigenvalue weighted by atomic mass is 16.5.